The van der Waals surface area contributed by atoms with Gasteiger partial charge in [-0.2, -0.15) is 5.10 Å². The van der Waals surface area contributed by atoms with Crippen molar-refractivity contribution in [1.82, 2.24) is 10.4 Å². The van der Waals surface area contributed by atoms with Crippen LogP contribution in [0.15, 0.2) is 53.9 Å². The van der Waals surface area contributed by atoms with Crippen LogP contribution in [0.4, 0.5) is 0 Å². The number of aromatic nitrogens is 1. The van der Waals surface area contributed by atoms with E-state index in [1.165, 1.54) is 0 Å². The molecule has 0 aliphatic heterocycles. The van der Waals surface area contributed by atoms with Gasteiger partial charge in [0.1, 0.15) is 5.75 Å². The first-order chi connectivity index (χ1) is 10.2. The van der Waals surface area contributed by atoms with Crippen molar-refractivity contribution in [1.29, 1.82) is 0 Å². The molecule has 108 valence electrons. The van der Waals surface area contributed by atoms with Crippen molar-refractivity contribution in [2.45, 2.75) is 13.8 Å². The lowest BCUT2D eigenvalue weighted by Gasteiger charge is -2.05. The molecule has 1 aromatic heterocycles. The molecule has 0 fully saturated rings. The average molecular weight is 283 g/mol. The van der Waals surface area contributed by atoms with E-state index in [-0.39, 0.29) is 5.91 Å². The van der Waals surface area contributed by atoms with Crippen molar-refractivity contribution in [3.63, 3.8) is 0 Å². The molecule has 0 saturated carbocycles. The molecular formula is C16H17N3O2. The van der Waals surface area contributed by atoms with Gasteiger partial charge >= 0.3 is 0 Å². The number of hydrogen-bond donors (Lipinski definition) is 1. The molecule has 0 bridgehead atoms. The molecule has 1 aromatic carbocycles. The molecule has 1 heterocycles. The summed E-state index contributed by atoms with van der Waals surface area (Å²) in [5, 5.41) is 4.09. The van der Waals surface area contributed by atoms with Crippen molar-refractivity contribution in [3.05, 3.63) is 59.9 Å². The van der Waals surface area contributed by atoms with E-state index in [2.05, 4.69) is 15.5 Å². The van der Waals surface area contributed by atoms with Crippen LogP contribution in [0.25, 0.3) is 0 Å². The molecule has 0 saturated heterocycles. The highest BCUT2D eigenvalue weighted by Gasteiger charge is 2.05. The highest BCUT2D eigenvalue weighted by molar-refractivity contribution is 6.00. The SMILES string of the molecule is CCOc1ccc(C(=O)NN=C(C)c2ccncc2)cc1. The normalized spacial score (nSPS) is 11.0. The predicted molar refractivity (Wildman–Crippen MR) is 81.5 cm³/mol. The van der Waals surface area contributed by atoms with Crippen LogP contribution < -0.4 is 10.2 Å². The Hall–Kier alpha value is -2.69. The Morgan fingerprint density at radius 1 is 1.14 bits per heavy atom. The Morgan fingerprint density at radius 2 is 1.81 bits per heavy atom. The molecule has 2 rings (SSSR count). The van der Waals surface area contributed by atoms with E-state index in [0.717, 1.165) is 17.0 Å². The number of ether oxygens (including phenoxy) is 1. The summed E-state index contributed by atoms with van der Waals surface area (Å²) in [6.45, 7) is 4.34. The van der Waals surface area contributed by atoms with E-state index in [1.807, 2.05) is 26.0 Å². The van der Waals surface area contributed by atoms with Gasteiger partial charge in [0.25, 0.3) is 5.91 Å². The summed E-state index contributed by atoms with van der Waals surface area (Å²) in [7, 11) is 0. The van der Waals surface area contributed by atoms with Gasteiger partial charge in [0.2, 0.25) is 0 Å². The van der Waals surface area contributed by atoms with E-state index >= 15 is 0 Å². The van der Waals surface area contributed by atoms with E-state index < -0.39 is 0 Å². The number of nitrogens with zero attached hydrogens (tertiary/aromatic N) is 2. The Bertz CT molecular complexity index is 622. The number of benzene rings is 1. The van der Waals surface area contributed by atoms with Crippen molar-refractivity contribution >= 4 is 11.6 Å². The summed E-state index contributed by atoms with van der Waals surface area (Å²) in [6, 6.07) is 10.6. The molecule has 0 atom stereocenters. The van der Waals surface area contributed by atoms with E-state index in [4.69, 9.17) is 4.74 Å². The fraction of sp³-hybridized carbons (Fsp3) is 0.188. The number of hydrogen-bond acceptors (Lipinski definition) is 4. The third-order valence-electron chi connectivity index (χ3n) is 2.85. The molecule has 21 heavy (non-hydrogen) atoms. The quantitative estimate of drug-likeness (QED) is 0.677. The molecule has 1 N–H and O–H groups in total. The van der Waals surface area contributed by atoms with Crippen molar-refractivity contribution in [3.8, 4) is 5.75 Å². The van der Waals surface area contributed by atoms with Crippen LogP contribution in [0.1, 0.15) is 29.8 Å². The van der Waals surface area contributed by atoms with Crippen LogP contribution in [0.5, 0.6) is 5.75 Å². The van der Waals surface area contributed by atoms with Gasteiger partial charge in [0.05, 0.1) is 12.3 Å². The van der Waals surface area contributed by atoms with E-state index in [0.29, 0.717) is 12.2 Å². The lowest BCUT2D eigenvalue weighted by Crippen LogP contribution is -2.19. The fourth-order valence-electron chi connectivity index (χ4n) is 1.73. The third kappa shape index (κ3) is 4.14. The zero-order valence-electron chi connectivity index (χ0n) is 12.0. The van der Waals surface area contributed by atoms with Gasteiger partial charge in [-0.3, -0.25) is 9.78 Å². The van der Waals surface area contributed by atoms with Gasteiger partial charge in [-0.25, -0.2) is 5.43 Å². The smallest absolute Gasteiger partial charge is 0.271 e. The Morgan fingerprint density at radius 3 is 2.43 bits per heavy atom. The summed E-state index contributed by atoms with van der Waals surface area (Å²) < 4.78 is 5.33. The fourth-order valence-corrected chi connectivity index (χ4v) is 1.73. The molecule has 0 spiro atoms. The number of carbonyl (C=O) groups is 1. The van der Waals surface area contributed by atoms with Crippen LogP contribution in [0.2, 0.25) is 0 Å². The summed E-state index contributed by atoms with van der Waals surface area (Å²) in [4.78, 5) is 15.9. The second-order valence-electron chi connectivity index (χ2n) is 4.33. The Balaban J connectivity index is 2.01. The minimum Gasteiger partial charge on any atom is -0.494 e. The largest absolute Gasteiger partial charge is 0.494 e. The molecule has 0 aliphatic rings. The van der Waals surface area contributed by atoms with Gasteiger partial charge in [0.15, 0.2) is 0 Å². The first-order valence-electron chi connectivity index (χ1n) is 6.68. The summed E-state index contributed by atoms with van der Waals surface area (Å²) in [5.74, 6) is 0.483. The van der Waals surface area contributed by atoms with Crippen LogP contribution in [0, 0.1) is 0 Å². The minimum atomic E-state index is -0.258. The van der Waals surface area contributed by atoms with E-state index in [9.17, 15) is 4.79 Å². The van der Waals surface area contributed by atoms with Crippen LogP contribution in [0.3, 0.4) is 0 Å². The van der Waals surface area contributed by atoms with E-state index in [1.54, 1.807) is 36.7 Å². The molecule has 0 unspecified atom stereocenters. The summed E-state index contributed by atoms with van der Waals surface area (Å²) in [5.41, 5.74) is 4.70. The predicted octanol–water partition coefficient (Wildman–Crippen LogP) is 2.63. The third-order valence-corrected chi connectivity index (χ3v) is 2.85. The maximum Gasteiger partial charge on any atom is 0.271 e. The standard InChI is InChI=1S/C16H17N3O2/c1-3-21-15-6-4-14(5-7-15)16(20)19-18-12(2)13-8-10-17-11-9-13/h4-11H,3H2,1-2H3,(H,19,20). The highest BCUT2D eigenvalue weighted by Crippen LogP contribution is 2.12. The zero-order valence-corrected chi connectivity index (χ0v) is 12.0. The maximum atomic E-state index is 12.0. The number of rotatable bonds is 5. The Kier molecular flexibility index (Phi) is 5.04. The van der Waals surface area contributed by atoms with Crippen molar-refractivity contribution in [2.75, 3.05) is 6.61 Å². The molecule has 0 aliphatic carbocycles. The molecule has 0 radical (unpaired) electrons. The first kappa shape index (κ1) is 14.7. The van der Waals surface area contributed by atoms with Gasteiger partial charge in [-0.15, -0.1) is 0 Å². The molecule has 1 amide bonds. The van der Waals surface area contributed by atoms with Crippen molar-refractivity contribution < 1.29 is 9.53 Å². The lowest BCUT2D eigenvalue weighted by atomic mass is 10.2. The van der Waals surface area contributed by atoms with Crippen LogP contribution in [-0.4, -0.2) is 23.2 Å². The minimum absolute atomic E-state index is 0.258. The average Bonchev–Trinajstić information content (AvgIpc) is 2.54. The van der Waals surface area contributed by atoms with Gasteiger partial charge < -0.3 is 4.74 Å². The Labute approximate surface area is 123 Å². The molecule has 5 nitrogen and oxygen atoms in total. The van der Waals surface area contributed by atoms with Gasteiger partial charge in [-0.1, -0.05) is 0 Å². The van der Waals surface area contributed by atoms with Gasteiger partial charge in [0, 0.05) is 23.5 Å². The molecule has 5 heteroatoms. The highest BCUT2D eigenvalue weighted by atomic mass is 16.5. The van der Waals surface area contributed by atoms with Crippen molar-refractivity contribution in [2.24, 2.45) is 5.10 Å². The maximum absolute atomic E-state index is 12.0. The molecular weight excluding hydrogens is 266 g/mol. The number of pyridine rings is 1. The first-order valence-corrected chi connectivity index (χ1v) is 6.68. The summed E-state index contributed by atoms with van der Waals surface area (Å²) >= 11 is 0. The monoisotopic (exact) mass is 283 g/mol. The molecule has 2 aromatic rings. The lowest BCUT2D eigenvalue weighted by molar-refractivity contribution is 0.0955. The second-order valence-corrected chi connectivity index (χ2v) is 4.33. The number of carbonyl (C=O) groups excluding carboxylic acids is 1. The van der Waals surface area contributed by atoms with Crippen LogP contribution in [-0.2, 0) is 0 Å². The second kappa shape index (κ2) is 7.19. The van der Waals surface area contributed by atoms with Crippen LogP contribution >= 0.6 is 0 Å². The topological polar surface area (TPSA) is 63.6 Å². The number of nitrogens with one attached hydrogen (secondary N) is 1. The van der Waals surface area contributed by atoms with Gasteiger partial charge in [-0.05, 0) is 50.2 Å². The number of hydrazone groups is 1. The summed E-state index contributed by atoms with van der Waals surface area (Å²) in [6.07, 6.45) is 3.37. The number of amides is 1. The zero-order chi connectivity index (χ0) is 15.1.